The van der Waals surface area contributed by atoms with E-state index in [2.05, 4.69) is 93.2 Å². The number of hydrogen-bond acceptors (Lipinski definition) is 6. The molecule has 2 aliphatic heterocycles. The van der Waals surface area contributed by atoms with E-state index in [0.717, 1.165) is 63.9 Å². The van der Waals surface area contributed by atoms with Crippen molar-refractivity contribution in [2.24, 2.45) is 0 Å². The van der Waals surface area contributed by atoms with Crippen molar-refractivity contribution in [2.75, 3.05) is 53.5 Å². The molecule has 0 radical (unpaired) electrons. The van der Waals surface area contributed by atoms with Gasteiger partial charge in [0.15, 0.2) is 0 Å². The Kier molecular flexibility index (Phi) is 20.0. The number of fused-ring (bicyclic) bond motifs is 27. The third-order valence-corrected chi connectivity index (χ3v) is 10.2. The predicted molar refractivity (Wildman–Crippen MR) is 211 cm³/mol. The Morgan fingerprint density at radius 1 is 0.440 bits per heavy atom. The summed E-state index contributed by atoms with van der Waals surface area (Å²) in [6.45, 7) is 10.7. The number of nitrogens with zero attached hydrogens (tertiary/aromatic N) is 2. The van der Waals surface area contributed by atoms with Crippen LogP contribution in [0.3, 0.4) is 0 Å². The third kappa shape index (κ3) is 16.0. The summed E-state index contributed by atoms with van der Waals surface area (Å²) in [7, 11) is 3.59. The van der Waals surface area contributed by atoms with Gasteiger partial charge in [0.1, 0.15) is 11.5 Å². The van der Waals surface area contributed by atoms with Crippen LogP contribution in [0.15, 0.2) is 72.8 Å². The lowest BCUT2D eigenvalue weighted by Gasteiger charge is -2.24. The number of para-hydroxylation sites is 2. The number of ether oxygens (including phenoxy) is 2. The standard InChI is InChI=1S/C44H68N4O2/c1-49-43-23-13-11-21-41(43)37-47-31-17-7-3-4-8-18-32-48(38-42-22-12-14-24-44(42)50-2)34-20-10-6-16-30-46-36-40-27-25-39(26-28-40)35-45-29-15-5-9-19-33-47/h11-14,21-28,45-46H,3-10,15-20,29-38H2,1-2H3. The highest BCUT2D eigenvalue weighted by Crippen LogP contribution is 2.22. The molecule has 2 aliphatic rings. The van der Waals surface area contributed by atoms with Gasteiger partial charge in [0.2, 0.25) is 0 Å². The smallest absolute Gasteiger partial charge is 0.123 e. The van der Waals surface area contributed by atoms with Gasteiger partial charge in [0, 0.05) is 37.3 Å². The number of hydrogen-bond donors (Lipinski definition) is 2. The minimum atomic E-state index is 0.955. The third-order valence-electron chi connectivity index (χ3n) is 10.2. The van der Waals surface area contributed by atoms with Gasteiger partial charge in [-0.1, -0.05) is 112 Å². The van der Waals surface area contributed by atoms with Crippen molar-refractivity contribution in [3.05, 3.63) is 95.1 Å². The highest BCUT2D eigenvalue weighted by molar-refractivity contribution is 5.34. The molecule has 3 aromatic carbocycles. The molecular weight excluding hydrogens is 617 g/mol. The van der Waals surface area contributed by atoms with Crippen LogP contribution in [0.25, 0.3) is 0 Å². The maximum absolute atomic E-state index is 5.70. The average Bonchev–Trinajstić information content (AvgIpc) is 3.15. The van der Waals surface area contributed by atoms with Crippen LogP contribution >= 0.6 is 0 Å². The van der Waals surface area contributed by atoms with Crippen LogP contribution in [-0.2, 0) is 26.2 Å². The van der Waals surface area contributed by atoms with Crippen LogP contribution < -0.4 is 20.1 Å². The van der Waals surface area contributed by atoms with Gasteiger partial charge in [-0.3, -0.25) is 9.80 Å². The molecule has 3 aromatic rings. The van der Waals surface area contributed by atoms with Crippen LogP contribution in [0.4, 0.5) is 0 Å². The molecule has 0 aliphatic carbocycles. The van der Waals surface area contributed by atoms with Crippen LogP contribution in [0.1, 0.15) is 112 Å². The van der Waals surface area contributed by atoms with Crippen molar-refractivity contribution in [1.82, 2.24) is 20.4 Å². The Hall–Kier alpha value is -2.90. The first-order valence-electron chi connectivity index (χ1n) is 19.9. The molecule has 5 rings (SSSR count). The lowest BCUT2D eigenvalue weighted by atomic mass is 10.1. The van der Waals surface area contributed by atoms with Gasteiger partial charge in [0.25, 0.3) is 0 Å². The second-order valence-electron chi connectivity index (χ2n) is 14.3. The summed E-state index contributed by atoms with van der Waals surface area (Å²) in [5, 5.41) is 7.33. The fraction of sp³-hybridized carbons (Fsp3) is 0.591. The lowest BCUT2D eigenvalue weighted by Crippen LogP contribution is -2.26. The van der Waals surface area contributed by atoms with Gasteiger partial charge in [-0.15, -0.1) is 0 Å². The zero-order valence-electron chi connectivity index (χ0n) is 31.6. The van der Waals surface area contributed by atoms with E-state index >= 15 is 0 Å². The van der Waals surface area contributed by atoms with E-state index in [4.69, 9.17) is 9.47 Å². The van der Waals surface area contributed by atoms with Crippen LogP contribution in [0.2, 0.25) is 0 Å². The molecule has 2 heterocycles. The summed E-state index contributed by atoms with van der Waals surface area (Å²) in [6.07, 6.45) is 18.0. The lowest BCUT2D eigenvalue weighted by molar-refractivity contribution is 0.244. The quantitative estimate of drug-likeness (QED) is 0.270. The second kappa shape index (κ2) is 25.1. The van der Waals surface area contributed by atoms with Crippen molar-refractivity contribution in [1.29, 1.82) is 0 Å². The second-order valence-corrected chi connectivity index (χ2v) is 14.3. The topological polar surface area (TPSA) is 49.0 Å². The first-order valence-corrected chi connectivity index (χ1v) is 19.9. The molecule has 2 N–H and O–H groups in total. The summed E-state index contributed by atoms with van der Waals surface area (Å²) < 4.78 is 11.4. The molecule has 0 atom stereocenters. The molecule has 0 saturated heterocycles. The van der Waals surface area contributed by atoms with Crippen LogP contribution in [-0.4, -0.2) is 63.3 Å². The van der Waals surface area contributed by atoms with Crippen LogP contribution in [0.5, 0.6) is 11.5 Å². The Morgan fingerprint density at radius 2 is 0.780 bits per heavy atom. The molecule has 6 nitrogen and oxygen atoms in total. The normalized spacial score (nSPS) is 18.7. The highest BCUT2D eigenvalue weighted by atomic mass is 16.5. The van der Waals surface area contributed by atoms with E-state index < -0.39 is 0 Å². The van der Waals surface area contributed by atoms with Gasteiger partial charge < -0.3 is 20.1 Å². The summed E-state index contributed by atoms with van der Waals surface area (Å²) in [6, 6.07) is 26.2. The van der Waals surface area contributed by atoms with Gasteiger partial charge in [0.05, 0.1) is 14.2 Å². The number of benzene rings is 3. The molecule has 0 amide bonds. The van der Waals surface area contributed by atoms with Crippen molar-refractivity contribution in [2.45, 2.75) is 116 Å². The van der Waals surface area contributed by atoms with Crippen molar-refractivity contribution >= 4 is 0 Å². The van der Waals surface area contributed by atoms with E-state index in [1.165, 1.54) is 125 Å². The maximum Gasteiger partial charge on any atom is 0.123 e. The average molecular weight is 685 g/mol. The summed E-state index contributed by atoms with van der Waals surface area (Å²) in [4.78, 5) is 5.34. The van der Waals surface area contributed by atoms with Crippen LogP contribution in [0, 0.1) is 0 Å². The van der Waals surface area contributed by atoms with Gasteiger partial charge >= 0.3 is 0 Å². The molecule has 0 fully saturated rings. The van der Waals surface area contributed by atoms with Gasteiger partial charge in [-0.25, -0.2) is 0 Å². The zero-order valence-corrected chi connectivity index (χ0v) is 31.6. The molecule has 50 heavy (non-hydrogen) atoms. The van der Waals surface area contributed by atoms with E-state index in [1.54, 1.807) is 14.2 Å². The predicted octanol–water partition coefficient (Wildman–Crippen LogP) is 9.36. The Labute approximate surface area is 305 Å². The first-order chi connectivity index (χ1) is 24.7. The number of rotatable bonds is 6. The molecule has 0 saturated carbocycles. The maximum atomic E-state index is 5.70. The number of nitrogens with one attached hydrogen (secondary N) is 2. The summed E-state index contributed by atoms with van der Waals surface area (Å²) in [5.41, 5.74) is 5.36. The van der Waals surface area contributed by atoms with Crippen molar-refractivity contribution in [3.8, 4) is 11.5 Å². The fourth-order valence-electron chi connectivity index (χ4n) is 7.19. The molecule has 276 valence electrons. The van der Waals surface area contributed by atoms with E-state index in [-0.39, 0.29) is 0 Å². The summed E-state index contributed by atoms with van der Waals surface area (Å²) in [5.74, 6) is 2.02. The van der Waals surface area contributed by atoms with Crippen molar-refractivity contribution in [3.63, 3.8) is 0 Å². The molecule has 6 heteroatoms. The van der Waals surface area contributed by atoms with E-state index in [0.29, 0.717) is 0 Å². The Bertz CT molecular complexity index is 1180. The molecule has 0 unspecified atom stereocenters. The van der Waals surface area contributed by atoms with E-state index in [1.807, 2.05) is 0 Å². The van der Waals surface area contributed by atoms with Gasteiger partial charge in [-0.05, 0) is 101 Å². The Morgan fingerprint density at radius 3 is 1.16 bits per heavy atom. The molecule has 0 spiro atoms. The fourth-order valence-corrected chi connectivity index (χ4v) is 7.19. The molecule has 2 bridgehead atoms. The Balaban J connectivity index is 1.29. The minimum Gasteiger partial charge on any atom is -0.496 e. The zero-order chi connectivity index (χ0) is 34.9. The largest absolute Gasteiger partial charge is 0.496 e. The van der Waals surface area contributed by atoms with Gasteiger partial charge in [-0.2, -0.15) is 0 Å². The molecular formula is C44H68N4O2. The first kappa shape index (κ1) is 39.9. The molecule has 0 aromatic heterocycles. The SMILES string of the molecule is COc1ccccc1CN1CCCCCCCCN(Cc2ccccc2OC)CCCCCCNCc2ccc(cc2)CNCCCCCC1. The number of methoxy groups -OCH3 is 2. The summed E-state index contributed by atoms with van der Waals surface area (Å²) >= 11 is 0. The van der Waals surface area contributed by atoms with E-state index in [9.17, 15) is 0 Å². The minimum absolute atomic E-state index is 0.955. The monoisotopic (exact) mass is 685 g/mol. The highest BCUT2D eigenvalue weighted by Gasteiger charge is 2.12. The van der Waals surface area contributed by atoms with Crippen molar-refractivity contribution < 1.29 is 9.47 Å².